The number of hydrogen-bond acceptors (Lipinski definition) is 3. The van der Waals surface area contributed by atoms with E-state index in [9.17, 15) is 18.4 Å². The number of rotatable bonds is 4. The van der Waals surface area contributed by atoms with E-state index >= 15 is 0 Å². The highest BCUT2D eigenvalue weighted by Crippen LogP contribution is 2.48. The van der Waals surface area contributed by atoms with Crippen LogP contribution >= 0.6 is 0 Å². The lowest BCUT2D eigenvalue weighted by molar-refractivity contribution is -0.153. The molecule has 1 aliphatic carbocycles. The molecule has 130 valence electrons. The molecule has 1 aromatic carbocycles. The maximum atomic E-state index is 14.4. The molecule has 1 aromatic rings. The monoisotopic (exact) mass is 338 g/mol. The Hall–Kier alpha value is -2.18. The fourth-order valence-corrected chi connectivity index (χ4v) is 3.24. The predicted octanol–water partition coefficient (Wildman–Crippen LogP) is 2.15. The standard InChI is InChI=1S/C17H20F2N2O3/c1-24-14(22)17(19)8-9-21(11-17)15(23)20-10-16(6-7-16)12-4-2-3-5-13(12)18/h2-5H,6-11H2,1H3,(H,20,23)/t17-/m0/s1. The molecule has 0 aromatic heterocycles. The highest BCUT2D eigenvalue weighted by molar-refractivity contribution is 5.83. The Morgan fingerprint density at radius 3 is 2.62 bits per heavy atom. The summed E-state index contributed by atoms with van der Waals surface area (Å²) in [6, 6.07) is 6.10. The Morgan fingerprint density at radius 1 is 1.29 bits per heavy atom. The molecule has 1 heterocycles. The van der Waals surface area contributed by atoms with Crippen molar-refractivity contribution in [1.29, 1.82) is 0 Å². The van der Waals surface area contributed by atoms with E-state index in [0.29, 0.717) is 12.1 Å². The van der Waals surface area contributed by atoms with Gasteiger partial charge in [0.15, 0.2) is 0 Å². The van der Waals surface area contributed by atoms with Crippen LogP contribution in [0.1, 0.15) is 24.8 Å². The lowest BCUT2D eigenvalue weighted by Gasteiger charge is -2.22. The van der Waals surface area contributed by atoms with Crippen LogP contribution < -0.4 is 5.32 Å². The predicted molar refractivity (Wildman–Crippen MR) is 82.8 cm³/mol. The highest BCUT2D eigenvalue weighted by atomic mass is 19.1. The zero-order chi connectivity index (χ0) is 17.4. The van der Waals surface area contributed by atoms with Gasteiger partial charge in [0.1, 0.15) is 5.82 Å². The van der Waals surface area contributed by atoms with Gasteiger partial charge in [0, 0.05) is 24.9 Å². The van der Waals surface area contributed by atoms with Gasteiger partial charge in [0.2, 0.25) is 5.67 Å². The van der Waals surface area contributed by atoms with Crippen LogP contribution in [0.3, 0.4) is 0 Å². The molecule has 2 fully saturated rings. The summed E-state index contributed by atoms with van der Waals surface area (Å²) >= 11 is 0. The van der Waals surface area contributed by atoms with E-state index in [0.717, 1.165) is 20.0 Å². The molecule has 5 nitrogen and oxygen atoms in total. The van der Waals surface area contributed by atoms with Gasteiger partial charge in [0.25, 0.3) is 0 Å². The van der Waals surface area contributed by atoms with Gasteiger partial charge in [-0.1, -0.05) is 18.2 Å². The molecule has 1 atom stereocenters. The summed E-state index contributed by atoms with van der Waals surface area (Å²) in [4.78, 5) is 25.0. The van der Waals surface area contributed by atoms with Crippen molar-refractivity contribution in [1.82, 2.24) is 10.2 Å². The van der Waals surface area contributed by atoms with E-state index in [4.69, 9.17) is 0 Å². The normalized spacial score (nSPS) is 24.5. The Labute approximate surface area is 139 Å². The number of nitrogens with zero attached hydrogens (tertiary/aromatic N) is 1. The molecule has 24 heavy (non-hydrogen) atoms. The summed E-state index contributed by atoms with van der Waals surface area (Å²) < 4.78 is 32.8. The van der Waals surface area contributed by atoms with Gasteiger partial charge in [0.05, 0.1) is 13.7 Å². The van der Waals surface area contributed by atoms with E-state index < -0.39 is 17.7 Å². The molecule has 2 amide bonds. The van der Waals surface area contributed by atoms with E-state index in [1.165, 1.54) is 11.0 Å². The number of nitrogens with one attached hydrogen (secondary N) is 1. The first-order valence-corrected chi connectivity index (χ1v) is 7.95. The third kappa shape index (κ3) is 2.95. The Morgan fingerprint density at radius 2 is 2.00 bits per heavy atom. The SMILES string of the molecule is COC(=O)[C@]1(F)CCN(C(=O)NCC2(c3ccccc3F)CC2)C1. The van der Waals surface area contributed by atoms with Gasteiger partial charge in [-0.15, -0.1) is 0 Å². The molecule has 1 saturated carbocycles. The number of ether oxygens (including phenoxy) is 1. The van der Waals surface area contributed by atoms with Crippen molar-refractivity contribution >= 4 is 12.0 Å². The number of likely N-dealkylation sites (tertiary alicyclic amines) is 1. The van der Waals surface area contributed by atoms with Crippen molar-refractivity contribution in [2.24, 2.45) is 0 Å². The average molecular weight is 338 g/mol. The minimum Gasteiger partial charge on any atom is -0.467 e. The second-order valence-electron chi connectivity index (χ2n) is 6.55. The number of amides is 2. The van der Waals surface area contributed by atoms with Crippen molar-refractivity contribution in [3.63, 3.8) is 0 Å². The molecule has 1 saturated heterocycles. The van der Waals surface area contributed by atoms with Crippen LogP contribution in [0.4, 0.5) is 13.6 Å². The molecular weight excluding hydrogens is 318 g/mol. The van der Waals surface area contributed by atoms with Crippen LogP contribution in [0.25, 0.3) is 0 Å². The van der Waals surface area contributed by atoms with Gasteiger partial charge in [-0.2, -0.15) is 0 Å². The number of hydrogen-bond donors (Lipinski definition) is 1. The summed E-state index contributed by atoms with van der Waals surface area (Å²) in [6.45, 7) is 0.114. The highest BCUT2D eigenvalue weighted by Gasteiger charge is 2.49. The molecule has 0 bridgehead atoms. The average Bonchev–Trinajstić information content (AvgIpc) is 3.26. The Bertz CT molecular complexity index is 663. The van der Waals surface area contributed by atoms with E-state index in [-0.39, 0.29) is 30.7 Å². The second-order valence-corrected chi connectivity index (χ2v) is 6.55. The van der Waals surface area contributed by atoms with Crippen LogP contribution in [0.15, 0.2) is 24.3 Å². The summed E-state index contributed by atoms with van der Waals surface area (Å²) in [5.41, 5.74) is -1.92. The lowest BCUT2D eigenvalue weighted by atomic mass is 9.95. The molecular formula is C17H20F2N2O3. The van der Waals surface area contributed by atoms with Crippen LogP contribution in [-0.4, -0.2) is 49.3 Å². The van der Waals surface area contributed by atoms with Gasteiger partial charge in [-0.05, 0) is 24.5 Å². The molecule has 3 rings (SSSR count). The Balaban J connectivity index is 1.59. The minimum atomic E-state index is -2.14. The summed E-state index contributed by atoms with van der Waals surface area (Å²) in [5, 5.41) is 2.75. The zero-order valence-electron chi connectivity index (χ0n) is 13.5. The van der Waals surface area contributed by atoms with Gasteiger partial charge >= 0.3 is 12.0 Å². The van der Waals surface area contributed by atoms with E-state index in [1.807, 2.05) is 0 Å². The van der Waals surface area contributed by atoms with Crippen molar-refractivity contribution < 1.29 is 23.1 Å². The van der Waals surface area contributed by atoms with Crippen molar-refractivity contribution in [3.05, 3.63) is 35.6 Å². The lowest BCUT2D eigenvalue weighted by Crippen LogP contribution is -2.45. The molecule has 1 N–H and O–H groups in total. The molecule has 7 heteroatoms. The second kappa shape index (κ2) is 6.03. The summed E-state index contributed by atoms with van der Waals surface area (Å²) in [6.07, 6.45) is 1.51. The van der Waals surface area contributed by atoms with Crippen LogP contribution in [0.2, 0.25) is 0 Å². The molecule has 2 aliphatic rings. The third-order valence-corrected chi connectivity index (χ3v) is 4.93. The van der Waals surface area contributed by atoms with E-state index in [2.05, 4.69) is 10.1 Å². The van der Waals surface area contributed by atoms with Crippen molar-refractivity contribution in [2.75, 3.05) is 26.7 Å². The number of carbonyl (C=O) groups excluding carboxylic acids is 2. The van der Waals surface area contributed by atoms with Gasteiger partial charge < -0.3 is 15.0 Å². The van der Waals surface area contributed by atoms with Crippen molar-refractivity contribution in [2.45, 2.75) is 30.3 Å². The van der Waals surface area contributed by atoms with Crippen LogP contribution in [0.5, 0.6) is 0 Å². The number of methoxy groups -OCH3 is 1. The summed E-state index contributed by atoms with van der Waals surface area (Å²) in [7, 11) is 1.12. The first-order chi connectivity index (χ1) is 11.4. The maximum absolute atomic E-state index is 14.4. The number of benzene rings is 1. The van der Waals surface area contributed by atoms with Crippen molar-refractivity contribution in [3.8, 4) is 0 Å². The molecule has 0 spiro atoms. The van der Waals surface area contributed by atoms with Crippen LogP contribution in [0, 0.1) is 5.82 Å². The first kappa shape index (κ1) is 16.7. The maximum Gasteiger partial charge on any atom is 0.345 e. The molecule has 0 radical (unpaired) electrons. The number of urea groups is 1. The number of halogens is 2. The summed E-state index contributed by atoms with van der Waals surface area (Å²) in [5.74, 6) is -1.23. The van der Waals surface area contributed by atoms with Gasteiger partial charge in [-0.3, -0.25) is 0 Å². The fraction of sp³-hybridized carbons (Fsp3) is 0.529. The minimum absolute atomic E-state index is 0.0778. The number of carbonyl (C=O) groups is 2. The quantitative estimate of drug-likeness (QED) is 0.856. The smallest absolute Gasteiger partial charge is 0.345 e. The fourth-order valence-electron chi connectivity index (χ4n) is 3.24. The third-order valence-electron chi connectivity index (χ3n) is 4.93. The van der Waals surface area contributed by atoms with Gasteiger partial charge in [-0.25, -0.2) is 18.4 Å². The van der Waals surface area contributed by atoms with Crippen LogP contribution in [-0.2, 0) is 14.9 Å². The molecule has 0 unspecified atom stereocenters. The Kier molecular flexibility index (Phi) is 4.19. The van der Waals surface area contributed by atoms with E-state index in [1.54, 1.807) is 18.2 Å². The largest absolute Gasteiger partial charge is 0.467 e. The number of alkyl halides is 1. The first-order valence-electron chi connectivity index (χ1n) is 7.95. The number of esters is 1. The molecule has 1 aliphatic heterocycles. The topological polar surface area (TPSA) is 58.6 Å². The zero-order valence-corrected chi connectivity index (χ0v) is 13.5.